The Morgan fingerprint density at radius 3 is 2.67 bits per heavy atom. The van der Waals surface area contributed by atoms with E-state index in [0.717, 1.165) is 13.2 Å². The van der Waals surface area contributed by atoms with Gasteiger partial charge >= 0.3 is 0 Å². The van der Waals surface area contributed by atoms with Gasteiger partial charge in [-0.2, -0.15) is 11.8 Å². The summed E-state index contributed by atoms with van der Waals surface area (Å²) in [6.07, 6.45) is 4.40. The number of nitrogens with one attached hydrogen (secondary N) is 1. The highest BCUT2D eigenvalue weighted by Gasteiger charge is 2.32. The minimum absolute atomic E-state index is 0. The molecular weight excluding hydrogens is 230 g/mol. The van der Waals surface area contributed by atoms with E-state index in [0.29, 0.717) is 16.9 Å². The number of rotatable bonds is 1. The zero-order valence-corrected chi connectivity index (χ0v) is 11.3. The Labute approximate surface area is 103 Å². The molecule has 2 atom stereocenters. The van der Waals surface area contributed by atoms with E-state index in [-0.39, 0.29) is 12.4 Å². The maximum atomic E-state index is 5.90. The van der Waals surface area contributed by atoms with Gasteiger partial charge < -0.3 is 4.74 Å². The van der Waals surface area contributed by atoms with E-state index in [4.69, 9.17) is 4.74 Å². The summed E-state index contributed by atoms with van der Waals surface area (Å²) in [7, 11) is 0. The zero-order valence-electron chi connectivity index (χ0n) is 9.62. The van der Waals surface area contributed by atoms with Crippen LogP contribution in [0.5, 0.6) is 0 Å². The largest absolute Gasteiger partial charge is 0.362 e. The molecule has 2 aliphatic heterocycles. The molecule has 2 unspecified atom stereocenters. The molecule has 0 aromatic heterocycles. The van der Waals surface area contributed by atoms with Gasteiger partial charge in [0.1, 0.15) is 6.23 Å². The van der Waals surface area contributed by atoms with Crippen molar-refractivity contribution < 1.29 is 4.74 Å². The van der Waals surface area contributed by atoms with Gasteiger partial charge in [0.05, 0.1) is 6.61 Å². The van der Waals surface area contributed by atoms with Crippen LogP contribution in [0.25, 0.3) is 0 Å². The van der Waals surface area contributed by atoms with E-state index in [1.165, 1.54) is 25.0 Å². The van der Waals surface area contributed by atoms with Crippen molar-refractivity contribution in [1.29, 1.82) is 0 Å². The Morgan fingerprint density at radius 1 is 1.33 bits per heavy atom. The predicted octanol–water partition coefficient (Wildman–Crippen LogP) is 2.67. The van der Waals surface area contributed by atoms with Crippen LogP contribution in [0.2, 0.25) is 0 Å². The van der Waals surface area contributed by atoms with Gasteiger partial charge in [-0.25, -0.2) is 0 Å². The van der Waals surface area contributed by atoms with Crippen LogP contribution in [0.4, 0.5) is 0 Å². The molecule has 0 radical (unpaired) electrons. The number of thioether (sulfide) groups is 1. The van der Waals surface area contributed by atoms with E-state index >= 15 is 0 Å². The monoisotopic (exact) mass is 251 g/mol. The van der Waals surface area contributed by atoms with Gasteiger partial charge in [0, 0.05) is 17.2 Å². The quantitative estimate of drug-likeness (QED) is 0.774. The average molecular weight is 252 g/mol. The molecule has 1 N–H and O–H groups in total. The van der Waals surface area contributed by atoms with Gasteiger partial charge in [-0.1, -0.05) is 20.3 Å². The molecule has 0 aromatic carbocycles. The summed E-state index contributed by atoms with van der Waals surface area (Å²) in [4.78, 5) is 0. The topological polar surface area (TPSA) is 21.3 Å². The van der Waals surface area contributed by atoms with Crippen LogP contribution in [-0.2, 0) is 4.74 Å². The van der Waals surface area contributed by atoms with Crippen LogP contribution in [-0.4, -0.2) is 30.4 Å². The Balaban J connectivity index is 0.00000112. The van der Waals surface area contributed by atoms with Crippen LogP contribution in [0.1, 0.15) is 33.1 Å². The lowest BCUT2D eigenvalue weighted by atomic mass is 9.93. The summed E-state index contributed by atoms with van der Waals surface area (Å²) in [5.74, 6) is 1.32. The van der Waals surface area contributed by atoms with Crippen molar-refractivity contribution in [3.8, 4) is 0 Å². The fourth-order valence-electron chi connectivity index (χ4n) is 2.05. The molecule has 2 aliphatic rings. The van der Waals surface area contributed by atoms with Crippen molar-refractivity contribution >= 4 is 24.2 Å². The third-order valence-corrected chi connectivity index (χ3v) is 4.42. The molecule has 15 heavy (non-hydrogen) atoms. The van der Waals surface area contributed by atoms with Crippen LogP contribution < -0.4 is 5.32 Å². The first-order valence-electron chi connectivity index (χ1n) is 5.64. The number of hydrogen-bond donors (Lipinski definition) is 1. The predicted molar refractivity (Wildman–Crippen MR) is 68.9 cm³/mol. The highest BCUT2D eigenvalue weighted by Crippen LogP contribution is 2.31. The highest BCUT2D eigenvalue weighted by atomic mass is 35.5. The summed E-state index contributed by atoms with van der Waals surface area (Å²) in [5.41, 5.74) is 0.315. The Hall–Kier alpha value is 0.560. The Morgan fingerprint density at radius 2 is 2.13 bits per heavy atom. The van der Waals surface area contributed by atoms with Gasteiger partial charge in [0.2, 0.25) is 0 Å². The van der Waals surface area contributed by atoms with Gasteiger partial charge in [0.25, 0.3) is 0 Å². The van der Waals surface area contributed by atoms with Crippen LogP contribution in [0.3, 0.4) is 0 Å². The van der Waals surface area contributed by atoms with Crippen molar-refractivity contribution in [2.24, 2.45) is 5.41 Å². The van der Waals surface area contributed by atoms with E-state index < -0.39 is 0 Å². The van der Waals surface area contributed by atoms with Gasteiger partial charge in [-0.05, 0) is 18.6 Å². The molecule has 0 saturated carbocycles. The van der Waals surface area contributed by atoms with E-state index in [1.54, 1.807) is 0 Å². The Kier molecular flexibility index (Phi) is 5.23. The molecule has 2 fully saturated rings. The van der Waals surface area contributed by atoms with E-state index in [1.807, 2.05) is 0 Å². The molecule has 2 nitrogen and oxygen atoms in total. The summed E-state index contributed by atoms with van der Waals surface area (Å²) in [5, 5.41) is 4.23. The Bertz CT molecular complexity index is 185. The molecule has 0 aliphatic carbocycles. The maximum Gasteiger partial charge on any atom is 0.120 e. The normalized spacial score (nSPS) is 35.6. The number of hydrogen-bond acceptors (Lipinski definition) is 3. The van der Waals surface area contributed by atoms with Crippen molar-refractivity contribution in [2.75, 3.05) is 18.9 Å². The molecule has 2 rings (SSSR count). The molecule has 0 spiro atoms. The molecular formula is C11H22ClNOS. The second kappa shape index (κ2) is 5.76. The fraction of sp³-hybridized carbons (Fsp3) is 1.00. The lowest BCUT2D eigenvalue weighted by molar-refractivity contribution is -0.0588. The molecule has 4 heteroatoms. The van der Waals surface area contributed by atoms with Crippen molar-refractivity contribution in [2.45, 2.75) is 44.6 Å². The lowest BCUT2D eigenvalue weighted by Crippen LogP contribution is -2.52. The molecule has 90 valence electrons. The van der Waals surface area contributed by atoms with E-state index in [9.17, 15) is 0 Å². The summed E-state index contributed by atoms with van der Waals surface area (Å²) in [6.45, 7) is 6.50. The molecule has 0 bridgehead atoms. The summed E-state index contributed by atoms with van der Waals surface area (Å²) >= 11 is 2.08. The first kappa shape index (κ1) is 13.6. The molecule has 2 heterocycles. The van der Waals surface area contributed by atoms with Crippen molar-refractivity contribution in [3.63, 3.8) is 0 Å². The van der Waals surface area contributed by atoms with Gasteiger partial charge in [-0.15, -0.1) is 12.4 Å². The van der Waals surface area contributed by atoms with Gasteiger partial charge in [0.15, 0.2) is 0 Å². The summed E-state index contributed by atoms with van der Waals surface area (Å²) < 4.78 is 5.90. The van der Waals surface area contributed by atoms with Crippen LogP contribution in [0.15, 0.2) is 0 Å². The highest BCUT2D eigenvalue weighted by molar-refractivity contribution is 8.00. The van der Waals surface area contributed by atoms with Crippen LogP contribution in [0, 0.1) is 5.41 Å². The molecule has 0 amide bonds. The van der Waals surface area contributed by atoms with Crippen molar-refractivity contribution in [1.82, 2.24) is 5.32 Å². The first-order chi connectivity index (χ1) is 6.67. The third-order valence-electron chi connectivity index (χ3n) is 2.99. The maximum absolute atomic E-state index is 5.90. The first-order valence-corrected chi connectivity index (χ1v) is 6.69. The van der Waals surface area contributed by atoms with Gasteiger partial charge in [-0.3, -0.25) is 5.32 Å². The van der Waals surface area contributed by atoms with Crippen LogP contribution >= 0.6 is 24.2 Å². The lowest BCUT2D eigenvalue weighted by Gasteiger charge is -2.39. The molecule has 0 aromatic rings. The number of ether oxygens (including phenoxy) is 1. The SMILES string of the molecule is CC1(C)CNC(C2CCCCS2)OC1.Cl. The second-order valence-corrected chi connectivity index (χ2v) is 6.53. The minimum atomic E-state index is 0. The van der Waals surface area contributed by atoms with E-state index in [2.05, 4.69) is 30.9 Å². The molecule has 2 saturated heterocycles. The zero-order chi connectivity index (χ0) is 10.0. The van der Waals surface area contributed by atoms with Crippen molar-refractivity contribution in [3.05, 3.63) is 0 Å². The third kappa shape index (κ3) is 3.81. The summed E-state index contributed by atoms with van der Waals surface area (Å²) in [6, 6.07) is 0. The smallest absolute Gasteiger partial charge is 0.120 e. The number of halogens is 1. The standard InChI is InChI=1S/C11H21NOS.ClH/c1-11(2)7-12-10(13-8-11)9-5-3-4-6-14-9;/h9-10,12H,3-8H2,1-2H3;1H. The fourth-order valence-corrected chi connectivity index (χ4v) is 3.40. The average Bonchev–Trinajstić information content (AvgIpc) is 2.19. The minimum Gasteiger partial charge on any atom is -0.362 e. The second-order valence-electron chi connectivity index (χ2n) is 5.18.